The molecule has 4 heteroatoms. The SMILES string of the molecule is Cc1ccccc1Sc1ccc(C(=O)O)cc1Br. The molecular formula is C14H11BrO2S. The minimum Gasteiger partial charge on any atom is -0.478 e. The topological polar surface area (TPSA) is 37.3 Å². The number of halogens is 1. The number of carbonyl (C=O) groups is 1. The molecule has 2 aromatic rings. The van der Waals surface area contributed by atoms with Crippen LogP contribution >= 0.6 is 27.7 Å². The van der Waals surface area contributed by atoms with Crippen LogP contribution in [0, 0.1) is 6.92 Å². The first-order valence-corrected chi connectivity index (χ1v) is 6.95. The summed E-state index contributed by atoms with van der Waals surface area (Å²) >= 11 is 5.03. The summed E-state index contributed by atoms with van der Waals surface area (Å²) in [5.74, 6) is -0.914. The molecule has 0 saturated carbocycles. The molecule has 0 aliphatic heterocycles. The van der Waals surface area contributed by atoms with E-state index in [2.05, 4.69) is 35.0 Å². The Labute approximate surface area is 118 Å². The summed E-state index contributed by atoms with van der Waals surface area (Å²) in [5, 5.41) is 8.91. The van der Waals surface area contributed by atoms with Crippen molar-refractivity contribution in [3.63, 3.8) is 0 Å². The standard InChI is InChI=1S/C14H11BrO2S/c1-9-4-2-3-5-12(9)18-13-7-6-10(14(16)17)8-11(13)15/h2-8H,1H3,(H,16,17). The molecule has 0 amide bonds. The molecule has 18 heavy (non-hydrogen) atoms. The van der Waals surface area contributed by atoms with E-state index in [0.717, 1.165) is 9.37 Å². The molecule has 0 aliphatic carbocycles. The summed E-state index contributed by atoms with van der Waals surface area (Å²) in [7, 11) is 0. The second-order valence-corrected chi connectivity index (χ2v) is 5.76. The third-order valence-electron chi connectivity index (χ3n) is 2.49. The largest absolute Gasteiger partial charge is 0.478 e. The van der Waals surface area contributed by atoms with Gasteiger partial charge in [-0.1, -0.05) is 30.0 Å². The summed E-state index contributed by atoms with van der Waals surface area (Å²) in [6.45, 7) is 2.06. The Morgan fingerprint density at radius 2 is 1.89 bits per heavy atom. The van der Waals surface area contributed by atoms with Crippen LogP contribution in [0.1, 0.15) is 15.9 Å². The molecule has 0 unspecified atom stereocenters. The maximum absolute atomic E-state index is 10.8. The van der Waals surface area contributed by atoms with Gasteiger partial charge in [0.1, 0.15) is 0 Å². The third-order valence-corrected chi connectivity index (χ3v) is 4.66. The van der Waals surface area contributed by atoms with Crippen molar-refractivity contribution in [2.24, 2.45) is 0 Å². The van der Waals surface area contributed by atoms with Crippen LogP contribution in [0.4, 0.5) is 0 Å². The smallest absolute Gasteiger partial charge is 0.335 e. The highest BCUT2D eigenvalue weighted by Crippen LogP contribution is 2.35. The summed E-state index contributed by atoms with van der Waals surface area (Å²) in [4.78, 5) is 13.0. The summed E-state index contributed by atoms with van der Waals surface area (Å²) in [6, 6.07) is 13.2. The lowest BCUT2D eigenvalue weighted by atomic mass is 10.2. The van der Waals surface area contributed by atoms with Crippen LogP contribution in [0.3, 0.4) is 0 Å². The zero-order valence-corrected chi connectivity index (χ0v) is 12.1. The van der Waals surface area contributed by atoms with Gasteiger partial charge in [-0.2, -0.15) is 0 Å². The zero-order chi connectivity index (χ0) is 13.1. The third kappa shape index (κ3) is 2.94. The van der Waals surface area contributed by atoms with Gasteiger partial charge in [-0.15, -0.1) is 0 Å². The van der Waals surface area contributed by atoms with Crippen molar-refractivity contribution in [2.75, 3.05) is 0 Å². The molecule has 0 atom stereocenters. The monoisotopic (exact) mass is 322 g/mol. The lowest BCUT2D eigenvalue weighted by Gasteiger charge is -2.07. The number of aromatic carboxylic acids is 1. The Morgan fingerprint density at radius 3 is 2.50 bits per heavy atom. The Hall–Kier alpha value is -1.26. The molecule has 0 heterocycles. The molecule has 0 radical (unpaired) electrons. The Kier molecular flexibility index (Phi) is 4.09. The highest BCUT2D eigenvalue weighted by molar-refractivity contribution is 9.10. The van der Waals surface area contributed by atoms with Crippen LogP contribution < -0.4 is 0 Å². The average Bonchev–Trinajstić information content (AvgIpc) is 2.34. The molecule has 0 fully saturated rings. The van der Waals surface area contributed by atoms with Crippen LogP contribution in [0.2, 0.25) is 0 Å². The molecule has 2 aromatic carbocycles. The van der Waals surface area contributed by atoms with Gasteiger partial charge in [-0.25, -0.2) is 4.79 Å². The minimum absolute atomic E-state index is 0.288. The molecule has 0 aliphatic rings. The maximum Gasteiger partial charge on any atom is 0.335 e. The molecule has 0 bridgehead atoms. The first-order chi connectivity index (χ1) is 8.58. The van der Waals surface area contributed by atoms with Crippen molar-refractivity contribution in [2.45, 2.75) is 16.7 Å². The van der Waals surface area contributed by atoms with E-state index >= 15 is 0 Å². The number of hydrogen-bond donors (Lipinski definition) is 1. The molecule has 92 valence electrons. The molecular weight excluding hydrogens is 312 g/mol. The van der Waals surface area contributed by atoms with Crippen molar-refractivity contribution in [3.05, 3.63) is 58.1 Å². The Bertz CT molecular complexity index is 596. The predicted molar refractivity (Wildman–Crippen MR) is 76.4 cm³/mol. The van der Waals surface area contributed by atoms with Gasteiger partial charge < -0.3 is 5.11 Å². The van der Waals surface area contributed by atoms with Crippen LogP contribution in [-0.4, -0.2) is 11.1 Å². The van der Waals surface area contributed by atoms with Crippen molar-refractivity contribution in [1.29, 1.82) is 0 Å². The van der Waals surface area contributed by atoms with E-state index in [9.17, 15) is 4.79 Å². The van der Waals surface area contributed by atoms with Gasteiger partial charge in [0.2, 0.25) is 0 Å². The Balaban J connectivity index is 2.30. The van der Waals surface area contributed by atoms with Crippen LogP contribution in [0.15, 0.2) is 56.7 Å². The fraction of sp³-hybridized carbons (Fsp3) is 0.0714. The van der Waals surface area contributed by atoms with Crippen molar-refractivity contribution in [1.82, 2.24) is 0 Å². The Morgan fingerprint density at radius 1 is 1.17 bits per heavy atom. The number of benzene rings is 2. The van der Waals surface area contributed by atoms with E-state index in [1.807, 2.05) is 18.2 Å². The molecule has 1 N–H and O–H groups in total. The van der Waals surface area contributed by atoms with E-state index in [1.54, 1.807) is 23.9 Å². The number of rotatable bonds is 3. The summed E-state index contributed by atoms with van der Waals surface area (Å²) in [6.07, 6.45) is 0. The van der Waals surface area contributed by atoms with Crippen molar-refractivity contribution >= 4 is 33.7 Å². The zero-order valence-electron chi connectivity index (χ0n) is 9.68. The lowest BCUT2D eigenvalue weighted by Crippen LogP contribution is -1.95. The van der Waals surface area contributed by atoms with E-state index in [0.29, 0.717) is 0 Å². The molecule has 0 aromatic heterocycles. The number of hydrogen-bond acceptors (Lipinski definition) is 2. The predicted octanol–water partition coefficient (Wildman–Crippen LogP) is 4.61. The highest BCUT2D eigenvalue weighted by atomic mass is 79.9. The molecule has 0 saturated heterocycles. The van der Waals surface area contributed by atoms with Crippen LogP contribution in [0.5, 0.6) is 0 Å². The van der Waals surface area contributed by atoms with Crippen LogP contribution in [0.25, 0.3) is 0 Å². The molecule has 2 nitrogen and oxygen atoms in total. The van der Waals surface area contributed by atoms with Gasteiger partial charge >= 0.3 is 5.97 Å². The molecule has 2 rings (SSSR count). The summed E-state index contributed by atoms with van der Waals surface area (Å²) in [5.41, 5.74) is 1.49. The van der Waals surface area contributed by atoms with E-state index < -0.39 is 5.97 Å². The minimum atomic E-state index is -0.914. The second-order valence-electron chi connectivity index (χ2n) is 3.82. The molecule has 0 spiro atoms. The number of aryl methyl sites for hydroxylation is 1. The fourth-order valence-corrected chi connectivity index (χ4v) is 3.03. The fourth-order valence-electron chi connectivity index (χ4n) is 1.51. The highest BCUT2D eigenvalue weighted by Gasteiger charge is 2.08. The normalized spacial score (nSPS) is 10.3. The van der Waals surface area contributed by atoms with E-state index in [4.69, 9.17) is 5.11 Å². The second kappa shape index (κ2) is 5.59. The van der Waals surface area contributed by atoms with Crippen LogP contribution in [-0.2, 0) is 0 Å². The first-order valence-electron chi connectivity index (χ1n) is 5.34. The average molecular weight is 323 g/mol. The van der Waals surface area contributed by atoms with E-state index in [1.165, 1.54) is 10.5 Å². The van der Waals surface area contributed by atoms with Gasteiger partial charge in [0.05, 0.1) is 5.56 Å². The van der Waals surface area contributed by atoms with Gasteiger partial charge in [-0.05, 0) is 52.7 Å². The van der Waals surface area contributed by atoms with Gasteiger partial charge in [-0.3, -0.25) is 0 Å². The quantitative estimate of drug-likeness (QED) is 0.896. The van der Waals surface area contributed by atoms with Gasteiger partial charge in [0.25, 0.3) is 0 Å². The first kappa shape index (κ1) is 13.2. The van der Waals surface area contributed by atoms with Gasteiger partial charge in [0.15, 0.2) is 0 Å². The maximum atomic E-state index is 10.8. The van der Waals surface area contributed by atoms with E-state index in [-0.39, 0.29) is 5.56 Å². The number of carboxylic acid groups (broad SMARTS) is 1. The van der Waals surface area contributed by atoms with Crippen molar-refractivity contribution < 1.29 is 9.90 Å². The lowest BCUT2D eigenvalue weighted by molar-refractivity contribution is 0.0696. The van der Waals surface area contributed by atoms with Gasteiger partial charge in [0, 0.05) is 14.3 Å². The number of carboxylic acids is 1. The summed E-state index contributed by atoms with van der Waals surface area (Å²) < 4.78 is 0.802. The van der Waals surface area contributed by atoms with Crippen molar-refractivity contribution in [3.8, 4) is 0 Å².